The fraction of sp³-hybridized carbons (Fsp3) is 0.455. The van der Waals surface area contributed by atoms with E-state index in [4.69, 9.17) is 22.1 Å². The fourth-order valence-corrected chi connectivity index (χ4v) is 1.42. The number of rotatable bonds is 5. The van der Waals surface area contributed by atoms with Gasteiger partial charge in [0.15, 0.2) is 0 Å². The van der Waals surface area contributed by atoms with E-state index in [9.17, 15) is 4.39 Å². The van der Waals surface area contributed by atoms with Gasteiger partial charge in [-0.15, -0.1) is 0 Å². The summed E-state index contributed by atoms with van der Waals surface area (Å²) in [4.78, 5) is 0. The summed E-state index contributed by atoms with van der Waals surface area (Å²) in [6.45, 7) is 2.95. The van der Waals surface area contributed by atoms with E-state index < -0.39 is 6.04 Å². The Morgan fingerprint density at radius 3 is 2.93 bits per heavy atom. The summed E-state index contributed by atoms with van der Waals surface area (Å²) in [6, 6.07) is 3.89. The Hall–Kier alpha value is -0.640. The average molecular weight is 232 g/mol. The van der Waals surface area contributed by atoms with Crippen LogP contribution in [0.4, 0.5) is 4.39 Å². The van der Waals surface area contributed by atoms with E-state index >= 15 is 0 Å². The Morgan fingerprint density at radius 2 is 2.27 bits per heavy atom. The molecule has 4 heteroatoms. The largest absolute Gasteiger partial charge is 0.379 e. The predicted octanol–water partition coefficient (Wildman–Crippen LogP) is 2.91. The van der Waals surface area contributed by atoms with Crippen molar-refractivity contribution >= 4 is 11.6 Å². The van der Waals surface area contributed by atoms with E-state index in [1.54, 1.807) is 0 Å². The number of hydrogen-bond donors (Lipinski definition) is 1. The molecule has 0 radical (unpaired) electrons. The molecule has 2 N–H and O–H groups in total. The van der Waals surface area contributed by atoms with Gasteiger partial charge in [-0.2, -0.15) is 0 Å². The third-order valence-corrected chi connectivity index (χ3v) is 2.24. The lowest BCUT2D eigenvalue weighted by molar-refractivity contribution is 0.121. The summed E-state index contributed by atoms with van der Waals surface area (Å²) in [5.74, 6) is -0.341. The summed E-state index contributed by atoms with van der Waals surface area (Å²) in [5, 5.41) is 0.484. The smallest absolute Gasteiger partial charge is 0.128 e. The van der Waals surface area contributed by atoms with Crippen molar-refractivity contribution in [3.8, 4) is 0 Å². The highest BCUT2D eigenvalue weighted by Crippen LogP contribution is 2.20. The average Bonchev–Trinajstić information content (AvgIpc) is 2.22. The second-order valence-corrected chi connectivity index (χ2v) is 3.78. The maximum atomic E-state index is 13.3. The van der Waals surface area contributed by atoms with Crippen LogP contribution in [-0.4, -0.2) is 13.2 Å². The highest BCUT2D eigenvalue weighted by atomic mass is 35.5. The van der Waals surface area contributed by atoms with E-state index in [1.807, 2.05) is 6.92 Å². The third-order valence-electron chi connectivity index (χ3n) is 2.00. The van der Waals surface area contributed by atoms with Crippen LogP contribution in [0.2, 0.25) is 5.02 Å². The number of nitrogens with two attached hydrogens (primary N) is 1. The molecular formula is C11H15ClFNO. The first-order chi connectivity index (χ1) is 7.15. The predicted molar refractivity (Wildman–Crippen MR) is 59.4 cm³/mol. The molecule has 1 unspecified atom stereocenters. The van der Waals surface area contributed by atoms with Crippen LogP contribution in [-0.2, 0) is 4.74 Å². The number of ether oxygens (including phenoxy) is 1. The molecule has 0 aliphatic carbocycles. The van der Waals surface area contributed by atoms with Gasteiger partial charge in [-0.3, -0.25) is 0 Å². The quantitative estimate of drug-likeness (QED) is 0.791. The molecule has 0 heterocycles. The van der Waals surface area contributed by atoms with Gasteiger partial charge >= 0.3 is 0 Å². The zero-order valence-corrected chi connectivity index (χ0v) is 9.43. The molecule has 0 aliphatic heterocycles. The molecule has 1 aromatic rings. The van der Waals surface area contributed by atoms with Crippen LogP contribution in [0.5, 0.6) is 0 Å². The van der Waals surface area contributed by atoms with Crippen molar-refractivity contribution in [2.45, 2.75) is 19.4 Å². The van der Waals surface area contributed by atoms with Gasteiger partial charge in [0.1, 0.15) is 5.82 Å². The summed E-state index contributed by atoms with van der Waals surface area (Å²) in [7, 11) is 0. The Bertz CT molecular complexity index is 319. The number of hydrogen-bond acceptors (Lipinski definition) is 2. The molecular weight excluding hydrogens is 217 g/mol. The van der Waals surface area contributed by atoms with E-state index in [0.29, 0.717) is 23.8 Å². The molecule has 0 fully saturated rings. The molecule has 0 bridgehead atoms. The Balaban J connectivity index is 2.64. The second-order valence-electron chi connectivity index (χ2n) is 3.35. The Morgan fingerprint density at radius 1 is 1.53 bits per heavy atom. The molecule has 0 spiro atoms. The van der Waals surface area contributed by atoms with Crippen LogP contribution in [0.25, 0.3) is 0 Å². The summed E-state index contributed by atoms with van der Waals surface area (Å²) >= 11 is 5.76. The van der Waals surface area contributed by atoms with E-state index in [-0.39, 0.29) is 5.82 Å². The zero-order chi connectivity index (χ0) is 11.3. The Labute approximate surface area is 94.2 Å². The molecule has 1 atom stereocenters. The lowest BCUT2D eigenvalue weighted by Gasteiger charge is -2.13. The summed E-state index contributed by atoms with van der Waals surface area (Å²) in [5.41, 5.74) is 6.18. The molecule has 0 saturated carbocycles. The highest BCUT2D eigenvalue weighted by Gasteiger charge is 2.11. The molecule has 1 aromatic carbocycles. The highest BCUT2D eigenvalue weighted by molar-refractivity contribution is 6.30. The topological polar surface area (TPSA) is 35.2 Å². The second kappa shape index (κ2) is 6.05. The van der Waals surface area contributed by atoms with Crippen LogP contribution in [0, 0.1) is 5.82 Å². The molecule has 1 rings (SSSR count). The van der Waals surface area contributed by atoms with Gasteiger partial charge in [-0.25, -0.2) is 4.39 Å². The maximum Gasteiger partial charge on any atom is 0.128 e. The van der Waals surface area contributed by atoms with Crippen molar-refractivity contribution < 1.29 is 9.13 Å². The standard InChI is InChI=1S/C11H15ClFNO/c1-2-5-15-7-11(14)9-6-8(12)3-4-10(9)13/h3-4,6,11H,2,5,7,14H2,1H3. The van der Waals surface area contributed by atoms with Crippen LogP contribution >= 0.6 is 11.6 Å². The maximum absolute atomic E-state index is 13.3. The molecule has 0 amide bonds. The van der Waals surface area contributed by atoms with Gasteiger partial charge in [-0.05, 0) is 24.6 Å². The fourth-order valence-electron chi connectivity index (χ4n) is 1.24. The lowest BCUT2D eigenvalue weighted by atomic mass is 10.1. The van der Waals surface area contributed by atoms with E-state index in [2.05, 4.69) is 0 Å². The third kappa shape index (κ3) is 3.78. The lowest BCUT2D eigenvalue weighted by Crippen LogP contribution is -2.18. The van der Waals surface area contributed by atoms with Crippen molar-refractivity contribution in [3.05, 3.63) is 34.6 Å². The van der Waals surface area contributed by atoms with Crippen LogP contribution < -0.4 is 5.73 Å². The minimum atomic E-state index is -0.463. The minimum Gasteiger partial charge on any atom is -0.379 e. The van der Waals surface area contributed by atoms with Crippen molar-refractivity contribution in [2.24, 2.45) is 5.73 Å². The zero-order valence-electron chi connectivity index (χ0n) is 8.67. The number of benzene rings is 1. The van der Waals surface area contributed by atoms with Crippen LogP contribution in [0.15, 0.2) is 18.2 Å². The first-order valence-corrected chi connectivity index (χ1v) is 5.31. The SMILES string of the molecule is CCCOCC(N)c1cc(Cl)ccc1F. The van der Waals surface area contributed by atoms with Gasteiger partial charge < -0.3 is 10.5 Å². The summed E-state index contributed by atoms with van der Waals surface area (Å²) < 4.78 is 18.6. The van der Waals surface area contributed by atoms with Gasteiger partial charge in [-0.1, -0.05) is 18.5 Å². The van der Waals surface area contributed by atoms with Crippen LogP contribution in [0.1, 0.15) is 24.9 Å². The summed E-state index contributed by atoms with van der Waals surface area (Å²) in [6.07, 6.45) is 0.921. The minimum absolute atomic E-state index is 0.311. The van der Waals surface area contributed by atoms with E-state index in [0.717, 1.165) is 6.42 Å². The van der Waals surface area contributed by atoms with Crippen molar-refractivity contribution in [2.75, 3.05) is 13.2 Å². The van der Waals surface area contributed by atoms with Crippen molar-refractivity contribution in [1.82, 2.24) is 0 Å². The molecule has 2 nitrogen and oxygen atoms in total. The molecule has 0 aliphatic rings. The van der Waals surface area contributed by atoms with E-state index in [1.165, 1.54) is 18.2 Å². The molecule has 0 saturated heterocycles. The van der Waals surface area contributed by atoms with Crippen molar-refractivity contribution in [1.29, 1.82) is 0 Å². The Kier molecular flexibility index (Phi) is 5.02. The van der Waals surface area contributed by atoms with Gasteiger partial charge in [0, 0.05) is 17.2 Å². The van der Waals surface area contributed by atoms with Crippen molar-refractivity contribution in [3.63, 3.8) is 0 Å². The first kappa shape index (κ1) is 12.4. The number of halogens is 2. The van der Waals surface area contributed by atoms with Gasteiger partial charge in [0.2, 0.25) is 0 Å². The van der Waals surface area contributed by atoms with Gasteiger partial charge in [0.05, 0.1) is 12.6 Å². The monoisotopic (exact) mass is 231 g/mol. The molecule has 84 valence electrons. The van der Waals surface area contributed by atoms with Crippen LogP contribution in [0.3, 0.4) is 0 Å². The van der Waals surface area contributed by atoms with Gasteiger partial charge in [0.25, 0.3) is 0 Å². The molecule has 15 heavy (non-hydrogen) atoms. The molecule has 0 aromatic heterocycles. The normalized spacial score (nSPS) is 12.8. The first-order valence-electron chi connectivity index (χ1n) is 4.93.